The molecule has 2 aromatic rings. The number of carbonyl (C=O) groups is 2. The van der Waals surface area contributed by atoms with Gasteiger partial charge in [-0.15, -0.1) is 0 Å². The standard InChI is InChI=1S/C19H15F2N2O3S/c1-12(24)18-23(8-9-27-18)22-19(25)26-17(13-4-2-6-15(20)10-13)14-5-3-7-16(21)11-14/h2-11,17-18H,1H2,(H,22,25)/t18-/m1/s1. The van der Waals surface area contributed by atoms with E-state index in [0.29, 0.717) is 11.1 Å². The second-order valence-corrected chi connectivity index (χ2v) is 6.65. The SMILES string of the molecule is [CH2]C(=O)[C@H]1SC=CN1NC(=O)OC(c1cccc(F)c1)c1cccc(F)c1. The lowest BCUT2D eigenvalue weighted by molar-refractivity contribution is -0.116. The summed E-state index contributed by atoms with van der Waals surface area (Å²) >= 11 is 1.18. The van der Waals surface area contributed by atoms with Crippen LogP contribution in [0.2, 0.25) is 0 Å². The molecule has 0 saturated carbocycles. The fraction of sp³-hybridized carbons (Fsp3) is 0.105. The molecule has 1 amide bonds. The highest BCUT2D eigenvalue weighted by Gasteiger charge is 2.28. The Labute approximate surface area is 159 Å². The van der Waals surface area contributed by atoms with Crippen molar-refractivity contribution >= 4 is 23.6 Å². The van der Waals surface area contributed by atoms with Crippen LogP contribution >= 0.6 is 11.8 Å². The lowest BCUT2D eigenvalue weighted by Crippen LogP contribution is -2.45. The number of rotatable bonds is 5. The number of thioether (sulfide) groups is 1. The van der Waals surface area contributed by atoms with Crippen LogP contribution in [0.25, 0.3) is 0 Å². The van der Waals surface area contributed by atoms with E-state index in [0.717, 1.165) is 0 Å². The summed E-state index contributed by atoms with van der Waals surface area (Å²) in [6.45, 7) is 3.34. The van der Waals surface area contributed by atoms with E-state index in [9.17, 15) is 18.4 Å². The van der Waals surface area contributed by atoms with Crippen molar-refractivity contribution in [1.29, 1.82) is 0 Å². The molecule has 0 unspecified atom stereocenters. The maximum absolute atomic E-state index is 13.6. The molecule has 1 heterocycles. The molecule has 0 bridgehead atoms. The average molecular weight is 389 g/mol. The predicted molar refractivity (Wildman–Crippen MR) is 97.0 cm³/mol. The van der Waals surface area contributed by atoms with Gasteiger partial charge in [-0.1, -0.05) is 36.0 Å². The molecule has 0 fully saturated rings. The summed E-state index contributed by atoms with van der Waals surface area (Å²) < 4.78 is 32.7. The van der Waals surface area contributed by atoms with Gasteiger partial charge >= 0.3 is 6.09 Å². The number of ether oxygens (including phenoxy) is 1. The van der Waals surface area contributed by atoms with Crippen LogP contribution in [0.4, 0.5) is 13.6 Å². The third-order valence-electron chi connectivity index (χ3n) is 3.71. The fourth-order valence-electron chi connectivity index (χ4n) is 2.55. The lowest BCUT2D eigenvalue weighted by atomic mass is 10.0. The van der Waals surface area contributed by atoms with Crippen molar-refractivity contribution in [1.82, 2.24) is 10.4 Å². The van der Waals surface area contributed by atoms with Gasteiger partial charge < -0.3 is 4.74 Å². The Morgan fingerprint density at radius 2 is 1.70 bits per heavy atom. The normalized spacial score (nSPS) is 15.9. The molecule has 0 aromatic heterocycles. The van der Waals surface area contributed by atoms with Crippen LogP contribution < -0.4 is 5.43 Å². The Kier molecular flexibility index (Phi) is 5.75. The molecular formula is C19H15F2N2O3S. The van der Waals surface area contributed by atoms with Gasteiger partial charge in [-0.3, -0.25) is 9.80 Å². The molecule has 1 N–H and O–H groups in total. The van der Waals surface area contributed by atoms with E-state index in [1.165, 1.54) is 59.4 Å². The Hall–Kier alpha value is -2.87. The zero-order valence-corrected chi connectivity index (χ0v) is 14.8. The number of halogens is 2. The first kappa shape index (κ1) is 18.9. The van der Waals surface area contributed by atoms with Crippen molar-refractivity contribution in [2.75, 3.05) is 0 Å². The molecule has 8 heteroatoms. The Balaban J connectivity index is 1.82. The fourth-order valence-corrected chi connectivity index (χ4v) is 3.31. The minimum absolute atomic E-state index is 0.340. The molecule has 0 aliphatic carbocycles. The van der Waals surface area contributed by atoms with E-state index < -0.39 is 35.0 Å². The van der Waals surface area contributed by atoms with Crippen LogP contribution in [0.1, 0.15) is 17.2 Å². The second-order valence-electron chi connectivity index (χ2n) is 5.65. The topological polar surface area (TPSA) is 58.6 Å². The van der Waals surface area contributed by atoms with E-state index in [2.05, 4.69) is 12.3 Å². The van der Waals surface area contributed by atoms with Crippen LogP contribution in [-0.4, -0.2) is 22.3 Å². The molecule has 5 nitrogen and oxygen atoms in total. The molecule has 0 saturated heterocycles. The lowest BCUT2D eigenvalue weighted by Gasteiger charge is -2.25. The Bertz CT molecular complexity index is 845. The van der Waals surface area contributed by atoms with Gasteiger partial charge in [0, 0.05) is 13.1 Å². The summed E-state index contributed by atoms with van der Waals surface area (Å²) in [7, 11) is 0. The molecule has 1 radical (unpaired) electrons. The van der Waals surface area contributed by atoms with Gasteiger partial charge in [0.1, 0.15) is 11.6 Å². The van der Waals surface area contributed by atoms with Crippen molar-refractivity contribution in [2.24, 2.45) is 0 Å². The first-order valence-corrected chi connectivity index (χ1v) is 8.83. The quantitative estimate of drug-likeness (QED) is 0.839. The number of ketones is 1. The zero-order valence-electron chi connectivity index (χ0n) is 14.0. The van der Waals surface area contributed by atoms with Crippen molar-refractivity contribution in [2.45, 2.75) is 11.5 Å². The number of carbonyl (C=O) groups excluding carboxylic acids is 2. The van der Waals surface area contributed by atoms with Gasteiger partial charge in [-0.25, -0.2) is 19.0 Å². The highest BCUT2D eigenvalue weighted by molar-refractivity contribution is 8.03. The van der Waals surface area contributed by atoms with Gasteiger partial charge in [-0.05, 0) is 40.8 Å². The predicted octanol–water partition coefficient (Wildman–Crippen LogP) is 3.94. The number of Topliss-reactive ketones (excluding diaryl/α,β-unsaturated/α-hetero) is 1. The molecular weight excluding hydrogens is 374 g/mol. The number of hydrazine groups is 1. The van der Waals surface area contributed by atoms with Gasteiger partial charge in [0.2, 0.25) is 0 Å². The number of hydrogen-bond donors (Lipinski definition) is 1. The zero-order chi connectivity index (χ0) is 19.4. The van der Waals surface area contributed by atoms with Gasteiger partial charge in [0.15, 0.2) is 17.3 Å². The van der Waals surface area contributed by atoms with Crippen LogP contribution in [0.5, 0.6) is 0 Å². The Morgan fingerprint density at radius 1 is 1.11 bits per heavy atom. The Morgan fingerprint density at radius 3 is 2.22 bits per heavy atom. The van der Waals surface area contributed by atoms with E-state index >= 15 is 0 Å². The first-order chi connectivity index (χ1) is 12.9. The molecule has 27 heavy (non-hydrogen) atoms. The average Bonchev–Trinajstić information content (AvgIpc) is 3.08. The molecule has 2 aromatic carbocycles. The molecule has 3 rings (SSSR count). The highest BCUT2D eigenvalue weighted by Crippen LogP contribution is 2.28. The maximum Gasteiger partial charge on any atom is 0.427 e. The van der Waals surface area contributed by atoms with E-state index in [1.54, 1.807) is 17.5 Å². The number of benzene rings is 2. The van der Waals surface area contributed by atoms with Crippen molar-refractivity contribution < 1.29 is 23.1 Å². The van der Waals surface area contributed by atoms with Crippen molar-refractivity contribution in [3.63, 3.8) is 0 Å². The van der Waals surface area contributed by atoms with Crippen molar-refractivity contribution in [3.05, 3.63) is 89.8 Å². The number of nitrogens with zero attached hydrogens (tertiary/aromatic N) is 1. The van der Waals surface area contributed by atoms with E-state index in [-0.39, 0.29) is 0 Å². The minimum Gasteiger partial charge on any atom is -0.435 e. The number of nitrogens with one attached hydrogen (secondary N) is 1. The van der Waals surface area contributed by atoms with Gasteiger partial charge in [0.05, 0.1) is 0 Å². The summed E-state index contributed by atoms with van der Waals surface area (Å²) in [5.74, 6) is -1.42. The maximum atomic E-state index is 13.6. The summed E-state index contributed by atoms with van der Waals surface area (Å²) in [5.41, 5.74) is 3.11. The van der Waals surface area contributed by atoms with E-state index in [1.807, 2.05) is 0 Å². The monoisotopic (exact) mass is 389 g/mol. The summed E-state index contributed by atoms with van der Waals surface area (Å²) in [6.07, 6.45) is -0.421. The van der Waals surface area contributed by atoms with Gasteiger partial charge in [-0.2, -0.15) is 0 Å². The van der Waals surface area contributed by atoms with E-state index in [4.69, 9.17) is 4.74 Å². The molecule has 0 spiro atoms. The molecule has 1 aliphatic heterocycles. The summed E-state index contributed by atoms with van der Waals surface area (Å²) in [6, 6.07) is 11.0. The minimum atomic E-state index is -1.04. The van der Waals surface area contributed by atoms with Gasteiger partial charge in [0.25, 0.3) is 0 Å². The smallest absolute Gasteiger partial charge is 0.427 e. The van der Waals surface area contributed by atoms with Crippen LogP contribution in [-0.2, 0) is 9.53 Å². The molecule has 139 valence electrons. The third-order valence-corrected chi connectivity index (χ3v) is 4.73. The highest BCUT2D eigenvalue weighted by atomic mass is 32.2. The third kappa shape index (κ3) is 4.65. The van der Waals surface area contributed by atoms with Crippen LogP contribution in [0.3, 0.4) is 0 Å². The first-order valence-electron chi connectivity index (χ1n) is 7.88. The molecule has 1 atom stereocenters. The number of hydrogen-bond acceptors (Lipinski definition) is 5. The van der Waals surface area contributed by atoms with Crippen LogP contribution in [0, 0.1) is 18.6 Å². The second kappa shape index (κ2) is 8.22. The van der Waals surface area contributed by atoms with Crippen LogP contribution in [0.15, 0.2) is 60.1 Å². The van der Waals surface area contributed by atoms with Crippen molar-refractivity contribution in [3.8, 4) is 0 Å². The number of amides is 1. The summed E-state index contributed by atoms with van der Waals surface area (Å²) in [4.78, 5) is 23.8. The summed E-state index contributed by atoms with van der Waals surface area (Å²) in [5, 5.41) is 2.20. The largest absolute Gasteiger partial charge is 0.435 e. The molecule has 1 aliphatic rings.